The van der Waals surface area contributed by atoms with E-state index in [-0.39, 0.29) is 5.91 Å². The Morgan fingerprint density at radius 2 is 2.00 bits per heavy atom. The first kappa shape index (κ1) is 11.4. The fraction of sp³-hybridized carbons (Fsp3) is 0.818. The number of ether oxygens (including phenoxy) is 1. The summed E-state index contributed by atoms with van der Waals surface area (Å²) < 4.78 is 5.31. The van der Waals surface area contributed by atoms with Gasteiger partial charge in [0.25, 0.3) is 5.91 Å². The number of carboxylic acids is 1. The van der Waals surface area contributed by atoms with Crippen LogP contribution in [0.15, 0.2) is 0 Å². The van der Waals surface area contributed by atoms with E-state index in [1.165, 1.54) is 4.90 Å². The summed E-state index contributed by atoms with van der Waals surface area (Å²) in [6.45, 7) is 1.16. The lowest BCUT2D eigenvalue weighted by Crippen LogP contribution is -2.51. The molecule has 2 aliphatic heterocycles. The van der Waals surface area contributed by atoms with Crippen LogP contribution in [0.5, 0.6) is 0 Å². The normalized spacial score (nSPS) is 30.4. The number of carboxylic acid groups (broad SMARTS) is 1. The molecule has 5 nitrogen and oxygen atoms in total. The molecule has 2 fully saturated rings. The van der Waals surface area contributed by atoms with Crippen LogP contribution < -0.4 is 0 Å². The number of nitrogens with zero attached hydrogens (tertiary/aromatic N) is 1. The Kier molecular flexibility index (Phi) is 3.43. The number of carbonyl (C=O) groups excluding carboxylic acids is 1. The molecular weight excluding hydrogens is 210 g/mol. The number of piperidine rings is 1. The number of likely N-dealkylation sites (tertiary alicyclic amines) is 1. The Bertz CT molecular complexity index is 286. The van der Waals surface area contributed by atoms with Gasteiger partial charge in [0.15, 0.2) is 0 Å². The van der Waals surface area contributed by atoms with E-state index in [1.807, 2.05) is 0 Å². The molecule has 90 valence electrons. The van der Waals surface area contributed by atoms with Gasteiger partial charge in [-0.25, -0.2) is 4.79 Å². The first-order chi connectivity index (χ1) is 7.70. The molecule has 0 aromatic carbocycles. The van der Waals surface area contributed by atoms with Gasteiger partial charge in [-0.2, -0.15) is 0 Å². The highest BCUT2D eigenvalue weighted by Crippen LogP contribution is 2.22. The first-order valence-corrected chi connectivity index (χ1v) is 5.85. The van der Waals surface area contributed by atoms with Crippen molar-refractivity contribution in [2.75, 3.05) is 13.2 Å². The zero-order valence-corrected chi connectivity index (χ0v) is 9.22. The molecule has 5 heteroatoms. The molecule has 2 heterocycles. The van der Waals surface area contributed by atoms with Crippen LogP contribution in [0.1, 0.15) is 32.1 Å². The van der Waals surface area contributed by atoms with Crippen molar-refractivity contribution in [1.82, 2.24) is 4.90 Å². The van der Waals surface area contributed by atoms with Crippen LogP contribution in [0, 0.1) is 0 Å². The zero-order valence-electron chi connectivity index (χ0n) is 9.22. The van der Waals surface area contributed by atoms with Gasteiger partial charge in [0, 0.05) is 13.2 Å². The Labute approximate surface area is 94.4 Å². The van der Waals surface area contributed by atoms with E-state index >= 15 is 0 Å². The number of rotatable bonds is 2. The largest absolute Gasteiger partial charge is 0.480 e. The smallest absolute Gasteiger partial charge is 0.326 e. The van der Waals surface area contributed by atoms with Gasteiger partial charge in [-0.05, 0) is 32.1 Å². The summed E-state index contributed by atoms with van der Waals surface area (Å²) in [6, 6.07) is -0.648. The molecule has 0 bridgehead atoms. The second kappa shape index (κ2) is 4.82. The van der Waals surface area contributed by atoms with E-state index in [0.29, 0.717) is 19.6 Å². The average Bonchev–Trinajstić information content (AvgIpc) is 2.81. The Morgan fingerprint density at radius 3 is 2.62 bits per heavy atom. The SMILES string of the molecule is O=C(O)C1CCCCN1C(=O)[C@@H]1CCCO1. The molecule has 2 rings (SSSR count). The van der Waals surface area contributed by atoms with Crippen molar-refractivity contribution >= 4 is 11.9 Å². The quantitative estimate of drug-likeness (QED) is 0.751. The summed E-state index contributed by atoms with van der Waals surface area (Å²) in [5.41, 5.74) is 0. The standard InChI is InChI=1S/C11H17NO4/c13-10(9-5-3-7-16-9)12-6-2-1-4-8(12)11(14)15/h8-9H,1-7H2,(H,14,15)/t8?,9-/m0/s1. The van der Waals surface area contributed by atoms with Crippen LogP contribution >= 0.6 is 0 Å². The molecule has 0 aliphatic carbocycles. The molecule has 1 N–H and O–H groups in total. The maximum Gasteiger partial charge on any atom is 0.326 e. The van der Waals surface area contributed by atoms with E-state index < -0.39 is 18.1 Å². The van der Waals surface area contributed by atoms with Crippen LogP contribution in [0.2, 0.25) is 0 Å². The highest BCUT2D eigenvalue weighted by atomic mass is 16.5. The van der Waals surface area contributed by atoms with Crippen LogP contribution in [-0.4, -0.2) is 47.2 Å². The van der Waals surface area contributed by atoms with Gasteiger partial charge >= 0.3 is 5.97 Å². The fourth-order valence-electron chi connectivity index (χ4n) is 2.41. The molecule has 2 atom stereocenters. The first-order valence-electron chi connectivity index (χ1n) is 5.85. The van der Waals surface area contributed by atoms with Gasteiger partial charge in [0.2, 0.25) is 0 Å². The van der Waals surface area contributed by atoms with Gasteiger partial charge in [0.1, 0.15) is 12.1 Å². The summed E-state index contributed by atoms with van der Waals surface area (Å²) in [5, 5.41) is 9.07. The van der Waals surface area contributed by atoms with Crippen LogP contribution in [-0.2, 0) is 14.3 Å². The second-order valence-corrected chi connectivity index (χ2v) is 4.38. The molecule has 1 unspecified atom stereocenters. The number of hydrogen-bond acceptors (Lipinski definition) is 3. The number of amides is 1. The fourth-order valence-corrected chi connectivity index (χ4v) is 2.41. The monoisotopic (exact) mass is 227 g/mol. The predicted octanol–water partition coefficient (Wildman–Crippen LogP) is 0.631. The maximum absolute atomic E-state index is 12.1. The van der Waals surface area contributed by atoms with Crippen molar-refractivity contribution in [2.45, 2.75) is 44.2 Å². The van der Waals surface area contributed by atoms with Crippen molar-refractivity contribution in [3.05, 3.63) is 0 Å². The Hall–Kier alpha value is -1.10. The number of carbonyl (C=O) groups is 2. The molecule has 2 aliphatic rings. The van der Waals surface area contributed by atoms with Gasteiger partial charge < -0.3 is 14.7 Å². The molecular formula is C11H17NO4. The van der Waals surface area contributed by atoms with Crippen LogP contribution in [0.4, 0.5) is 0 Å². The second-order valence-electron chi connectivity index (χ2n) is 4.38. The third kappa shape index (κ3) is 2.19. The maximum atomic E-state index is 12.1. The summed E-state index contributed by atoms with van der Waals surface area (Å²) in [7, 11) is 0. The molecule has 1 amide bonds. The van der Waals surface area contributed by atoms with Gasteiger partial charge in [-0.15, -0.1) is 0 Å². The van der Waals surface area contributed by atoms with Gasteiger partial charge in [-0.1, -0.05) is 0 Å². The molecule has 0 saturated carbocycles. The average molecular weight is 227 g/mol. The minimum absolute atomic E-state index is 0.135. The van der Waals surface area contributed by atoms with Crippen molar-refractivity contribution in [1.29, 1.82) is 0 Å². The molecule has 0 radical (unpaired) electrons. The summed E-state index contributed by atoms with van der Waals surface area (Å²) >= 11 is 0. The minimum atomic E-state index is -0.897. The lowest BCUT2D eigenvalue weighted by molar-refractivity contribution is -0.156. The van der Waals surface area contributed by atoms with Crippen LogP contribution in [0.3, 0.4) is 0 Å². The van der Waals surface area contributed by atoms with Crippen molar-refractivity contribution < 1.29 is 19.4 Å². The van der Waals surface area contributed by atoms with Crippen molar-refractivity contribution in [3.63, 3.8) is 0 Å². The Morgan fingerprint density at radius 1 is 1.19 bits per heavy atom. The summed E-state index contributed by atoms with van der Waals surface area (Å²) in [4.78, 5) is 24.6. The highest BCUT2D eigenvalue weighted by molar-refractivity contribution is 5.86. The molecule has 2 saturated heterocycles. The zero-order chi connectivity index (χ0) is 11.5. The third-order valence-electron chi connectivity index (χ3n) is 3.28. The topological polar surface area (TPSA) is 66.8 Å². The van der Waals surface area contributed by atoms with Crippen LogP contribution in [0.25, 0.3) is 0 Å². The third-order valence-corrected chi connectivity index (χ3v) is 3.28. The molecule has 0 spiro atoms. The minimum Gasteiger partial charge on any atom is -0.480 e. The van der Waals surface area contributed by atoms with E-state index in [4.69, 9.17) is 9.84 Å². The van der Waals surface area contributed by atoms with Crippen molar-refractivity contribution in [3.8, 4) is 0 Å². The molecule has 0 aromatic rings. The number of aliphatic carboxylic acids is 1. The summed E-state index contributed by atoms with van der Waals surface area (Å²) in [6.07, 6.45) is 3.55. The molecule has 16 heavy (non-hydrogen) atoms. The van der Waals surface area contributed by atoms with Crippen molar-refractivity contribution in [2.24, 2.45) is 0 Å². The lowest BCUT2D eigenvalue weighted by atomic mass is 10.0. The van der Waals surface area contributed by atoms with Gasteiger partial charge in [-0.3, -0.25) is 4.79 Å². The Balaban J connectivity index is 2.04. The lowest BCUT2D eigenvalue weighted by Gasteiger charge is -2.34. The van der Waals surface area contributed by atoms with E-state index in [1.54, 1.807) is 0 Å². The van der Waals surface area contributed by atoms with E-state index in [9.17, 15) is 9.59 Å². The number of hydrogen-bond donors (Lipinski definition) is 1. The molecule has 0 aromatic heterocycles. The van der Waals surface area contributed by atoms with Gasteiger partial charge in [0.05, 0.1) is 0 Å². The van der Waals surface area contributed by atoms with E-state index in [2.05, 4.69) is 0 Å². The predicted molar refractivity (Wildman–Crippen MR) is 56.0 cm³/mol. The summed E-state index contributed by atoms with van der Waals surface area (Å²) in [5.74, 6) is -1.03. The highest BCUT2D eigenvalue weighted by Gasteiger charge is 2.36. The van der Waals surface area contributed by atoms with E-state index in [0.717, 1.165) is 25.7 Å².